The molecule has 3 atom stereocenters. The SMILES string of the molecule is CC(NC1CCCCCC1O)c1ccc2[nH]c(=O)[nH]c2c1. The molecule has 1 aromatic heterocycles. The molecule has 1 fully saturated rings. The van der Waals surface area contributed by atoms with E-state index >= 15 is 0 Å². The molecule has 2 aromatic rings. The van der Waals surface area contributed by atoms with Crippen LogP contribution in [0.15, 0.2) is 23.0 Å². The third-order valence-electron chi connectivity index (χ3n) is 4.48. The lowest BCUT2D eigenvalue weighted by Crippen LogP contribution is -2.40. The fourth-order valence-electron chi connectivity index (χ4n) is 3.22. The highest BCUT2D eigenvalue weighted by molar-refractivity contribution is 5.75. The van der Waals surface area contributed by atoms with Gasteiger partial charge in [0.2, 0.25) is 0 Å². The van der Waals surface area contributed by atoms with Gasteiger partial charge in [-0.1, -0.05) is 25.3 Å². The van der Waals surface area contributed by atoms with E-state index < -0.39 is 0 Å². The molecule has 0 amide bonds. The van der Waals surface area contributed by atoms with E-state index in [1.165, 1.54) is 12.8 Å². The first-order chi connectivity index (χ1) is 10.1. The highest BCUT2D eigenvalue weighted by Gasteiger charge is 2.23. The second-order valence-corrected chi connectivity index (χ2v) is 6.08. The van der Waals surface area contributed by atoms with Gasteiger partial charge in [-0.3, -0.25) is 0 Å². The van der Waals surface area contributed by atoms with Gasteiger partial charge in [-0.25, -0.2) is 4.79 Å². The van der Waals surface area contributed by atoms with E-state index in [2.05, 4.69) is 22.2 Å². The summed E-state index contributed by atoms with van der Waals surface area (Å²) in [5.74, 6) is 0. The molecule has 0 radical (unpaired) electrons. The van der Waals surface area contributed by atoms with Gasteiger partial charge in [0.05, 0.1) is 17.1 Å². The fraction of sp³-hybridized carbons (Fsp3) is 0.562. The molecular weight excluding hydrogens is 266 g/mol. The molecule has 1 aliphatic rings. The van der Waals surface area contributed by atoms with E-state index in [9.17, 15) is 9.90 Å². The number of rotatable bonds is 3. The van der Waals surface area contributed by atoms with E-state index in [-0.39, 0.29) is 23.9 Å². The van der Waals surface area contributed by atoms with Crippen LogP contribution in [0.1, 0.15) is 50.6 Å². The number of aliphatic hydroxyl groups excluding tert-OH is 1. The first kappa shape index (κ1) is 14.4. The van der Waals surface area contributed by atoms with Crippen molar-refractivity contribution in [3.8, 4) is 0 Å². The van der Waals surface area contributed by atoms with Crippen LogP contribution in [0.2, 0.25) is 0 Å². The van der Waals surface area contributed by atoms with E-state index in [1.54, 1.807) is 0 Å². The number of aromatic amines is 2. The van der Waals surface area contributed by atoms with Crippen molar-refractivity contribution in [3.05, 3.63) is 34.2 Å². The van der Waals surface area contributed by atoms with Gasteiger partial charge in [0.1, 0.15) is 0 Å². The van der Waals surface area contributed by atoms with E-state index in [4.69, 9.17) is 0 Å². The Kier molecular flexibility index (Phi) is 4.12. The number of aromatic nitrogens is 2. The predicted octanol–water partition coefficient (Wildman–Crippen LogP) is 2.20. The molecule has 1 saturated carbocycles. The highest BCUT2D eigenvalue weighted by Crippen LogP contribution is 2.22. The average molecular weight is 289 g/mol. The molecule has 21 heavy (non-hydrogen) atoms. The molecule has 4 N–H and O–H groups in total. The summed E-state index contributed by atoms with van der Waals surface area (Å²) in [6, 6.07) is 6.24. The highest BCUT2D eigenvalue weighted by atomic mass is 16.3. The Hall–Kier alpha value is -1.59. The number of benzene rings is 1. The minimum Gasteiger partial charge on any atom is -0.392 e. The number of hydrogen-bond acceptors (Lipinski definition) is 3. The monoisotopic (exact) mass is 289 g/mol. The molecule has 5 heteroatoms. The summed E-state index contributed by atoms with van der Waals surface area (Å²) in [4.78, 5) is 16.8. The third kappa shape index (κ3) is 3.19. The van der Waals surface area contributed by atoms with Gasteiger partial charge in [0.15, 0.2) is 0 Å². The lowest BCUT2D eigenvalue weighted by atomic mass is 10.0. The van der Waals surface area contributed by atoms with Crippen molar-refractivity contribution >= 4 is 11.0 Å². The molecule has 114 valence electrons. The molecule has 5 nitrogen and oxygen atoms in total. The Morgan fingerprint density at radius 2 is 1.95 bits per heavy atom. The molecule has 0 bridgehead atoms. The summed E-state index contributed by atoms with van der Waals surface area (Å²) >= 11 is 0. The summed E-state index contributed by atoms with van der Waals surface area (Å²) < 4.78 is 0. The van der Waals surface area contributed by atoms with Gasteiger partial charge in [-0.15, -0.1) is 0 Å². The second kappa shape index (κ2) is 6.03. The quantitative estimate of drug-likeness (QED) is 0.654. The number of nitrogens with one attached hydrogen (secondary N) is 3. The Balaban J connectivity index is 1.76. The van der Waals surface area contributed by atoms with Gasteiger partial charge < -0.3 is 20.4 Å². The molecule has 0 saturated heterocycles. The number of aliphatic hydroxyl groups is 1. The Labute approximate surface area is 123 Å². The first-order valence-corrected chi connectivity index (χ1v) is 7.79. The number of hydrogen-bond donors (Lipinski definition) is 4. The molecule has 3 unspecified atom stereocenters. The van der Waals surface area contributed by atoms with Gasteiger partial charge in [-0.05, 0) is 37.5 Å². The molecule has 0 spiro atoms. The van der Waals surface area contributed by atoms with Gasteiger partial charge in [0, 0.05) is 12.1 Å². The van der Waals surface area contributed by atoms with Gasteiger partial charge >= 0.3 is 5.69 Å². The molecule has 1 aromatic carbocycles. The van der Waals surface area contributed by atoms with Crippen molar-refractivity contribution < 1.29 is 5.11 Å². The molecule has 1 aliphatic carbocycles. The summed E-state index contributed by atoms with van der Waals surface area (Å²) in [7, 11) is 0. The summed E-state index contributed by atoms with van der Waals surface area (Å²) in [5, 5.41) is 13.7. The summed E-state index contributed by atoms with van der Waals surface area (Å²) in [6.45, 7) is 2.10. The Morgan fingerprint density at radius 1 is 1.19 bits per heavy atom. The van der Waals surface area contributed by atoms with Gasteiger partial charge in [0.25, 0.3) is 0 Å². The van der Waals surface area contributed by atoms with E-state index in [1.807, 2.05) is 18.2 Å². The lowest BCUT2D eigenvalue weighted by Gasteiger charge is -2.26. The zero-order valence-corrected chi connectivity index (χ0v) is 12.4. The largest absolute Gasteiger partial charge is 0.392 e. The second-order valence-electron chi connectivity index (χ2n) is 6.08. The van der Waals surface area contributed by atoms with Crippen molar-refractivity contribution in [2.75, 3.05) is 0 Å². The van der Waals surface area contributed by atoms with Crippen molar-refractivity contribution in [1.29, 1.82) is 0 Å². The van der Waals surface area contributed by atoms with Crippen molar-refractivity contribution in [2.45, 2.75) is 57.2 Å². The Morgan fingerprint density at radius 3 is 2.81 bits per heavy atom. The van der Waals surface area contributed by atoms with Crippen LogP contribution in [-0.2, 0) is 0 Å². The van der Waals surface area contributed by atoms with Crippen LogP contribution in [0.3, 0.4) is 0 Å². The number of fused-ring (bicyclic) bond motifs is 1. The van der Waals surface area contributed by atoms with Crippen LogP contribution >= 0.6 is 0 Å². The molecule has 3 rings (SSSR count). The van der Waals surface area contributed by atoms with E-state index in [0.717, 1.165) is 35.9 Å². The molecule has 1 heterocycles. The minimum absolute atomic E-state index is 0.144. The van der Waals surface area contributed by atoms with Crippen LogP contribution in [0.25, 0.3) is 11.0 Å². The molecule has 0 aliphatic heterocycles. The number of imidazole rings is 1. The van der Waals surface area contributed by atoms with Gasteiger partial charge in [-0.2, -0.15) is 0 Å². The minimum atomic E-state index is -0.259. The van der Waals surface area contributed by atoms with Crippen LogP contribution in [0.4, 0.5) is 0 Å². The lowest BCUT2D eigenvalue weighted by molar-refractivity contribution is 0.115. The number of H-pyrrole nitrogens is 2. The van der Waals surface area contributed by atoms with Crippen LogP contribution < -0.4 is 11.0 Å². The normalized spacial score (nSPS) is 24.9. The smallest absolute Gasteiger partial charge is 0.323 e. The zero-order valence-electron chi connectivity index (χ0n) is 12.4. The summed E-state index contributed by atoms with van der Waals surface area (Å²) in [5.41, 5.74) is 2.59. The standard InChI is InChI=1S/C16H23N3O2/c1-10(17-13-5-3-2-4-6-15(13)20)11-7-8-12-14(9-11)19-16(21)18-12/h7-10,13,15,17,20H,2-6H2,1H3,(H2,18,19,21). The third-order valence-corrected chi connectivity index (χ3v) is 4.48. The average Bonchev–Trinajstić information content (AvgIpc) is 2.72. The van der Waals surface area contributed by atoms with Crippen LogP contribution in [0, 0.1) is 0 Å². The van der Waals surface area contributed by atoms with E-state index in [0.29, 0.717) is 0 Å². The summed E-state index contributed by atoms with van der Waals surface area (Å²) in [6.07, 6.45) is 5.14. The van der Waals surface area contributed by atoms with Crippen molar-refractivity contribution in [2.24, 2.45) is 0 Å². The maximum Gasteiger partial charge on any atom is 0.323 e. The van der Waals surface area contributed by atoms with Crippen LogP contribution in [0.5, 0.6) is 0 Å². The first-order valence-electron chi connectivity index (χ1n) is 7.79. The van der Waals surface area contributed by atoms with Crippen molar-refractivity contribution in [3.63, 3.8) is 0 Å². The zero-order chi connectivity index (χ0) is 14.8. The maximum atomic E-state index is 11.3. The molecular formula is C16H23N3O2. The maximum absolute atomic E-state index is 11.3. The fourth-order valence-corrected chi connectivity index (χ4v) is 3.22. The van der Waals surface area contributed by atoms with Crippen molar-refractivity contribution in [1.82, 2.24) is 15.3 Å². The topological polar surface area (TPSA) is 80.9 Å². The predicted molar refractivity (Wildman–Crippen MR) is 83.3 cm³/mol. The Bertz CT molecular complexity index is 661. The van der Waals surface area contributed by atoms with Crippen LogP contribution in [-0.4, -0.2) is 27.2 Å².